The van der Waals surface area contributed by atoms with Crippen LogP contribution in [0.15, 0.2) is 30.5 Å². The van der Waals surface area contributed by atoms with Crippen molar-refractivity contribution in [3.05, 3.63) is 41.2 Å². The van der Waals surface area contributed by atoms with Crippen molar-refractivity contribution in [3.8, 4) is 0 Å². The SMILES string of the molecule is CCCCCc1cn([O-])c2ccccc12. The Morgan fingerprint density at radius 1 is 1.20 bits per heavy atom. The highest BCUT2D eigenvalue weighted by Gasteiger charge is 2.03. The summed E-state index contributed by atoms with van der Waals surface area (Å²) in [6.07, 6.45) is 6.36. The lowest BCUT2D eigenvalue weighted by molar-refractivity contribution is 0.719. The molecule has 0 saturated carbocycles. The van der Waals surface area contributed by atoms with E-state index in [1.807, 2.05) is 24.3 Å². The molecule has 0 saturated heterocycles. The molecule has 0 amide bonds. The van der Waals surface area contributed by atoms with Crippen molar-refractivity contribution in [1.29, 1.82) is 0 Å². The lowest BCUT2D eigenvalue weighted by Gasteiger charge is -2.05. The minimum Gasteiger partial charge on any atom is -0.806 e. The third-order valence-electron chi connectivity index (χ3n) is 2.81. The molecule has 0 radical (unpaired) electrons. The topological polar surface area (TPSA) is 28.0 Å². The van der Waals surface area contributed by atoms with Crippen LogP contribution in [0.3, 0.4) is 0 Å². The fraction of sp³-hybridized carbons (Fsp3) is 0.385. The molecule has 1 aromatic heterocycles. The minimum absolute atomic E-state index is 0.795. The second-order valence-corrected chi connectivity index (χ2v) is 3.95. The van der Waals surface area contributed by atoms with Gasteiger partial charge in [0, 0.05) is 17.1 Å². The first-order chi connectivity index (χ1) is 7.33. The van der Waals surface area contributed by atoms with E-state index in [0.717, 1.165) is 22.1 Å². The van der Waals surface area contributed by atoms with Gasteiger partial charge in [-0.15, -0.1) is 0 Å². The van der Waals surface area contributed by atoms with Crippen LogP contribution >= 0.6 is 0 Å². The van der Waals surface area contributed by atoms with E-state index in [2.05, 4.69) is 6.92 Å². The van der Waals surface area contributed by atoms with Crippen LogP contribution in [0.2, 0.25) is 0 Å². The molecule has 1 heterocycles. The van der Waals surface area contributed by atoms with E-state index < -0.39 is 0 Å². The van der Waals surface area contributed by atoms with Gasteiger partial charge in [0.15, 0.2) is 0 Å². The van der Waals surface area contributed by atoms with Gasteiger partial charge >= 0.3 is 0 Å². The maximum Gasteiger partial charge on any atom is 0.0435 e. The Labute approximate surface area is 90.1 Å². The molecule has 0 atom stereocenters. The molecule has 0 fully saturated rings. The van der Waals surface area contributed by atoms with Crippen molar-refractivity contribution in [2.24, 2.45) is 0 Å². The fourth-order valence-electron chi connectivity index (χ4n) is 1.98. The monoisotopic (exact) mass is 202 g/mol. The molecule has 0 bridgehead atoms. The Morgan fingerprint density at radius 2 is 2.00 bits per heavy atom. The van der Waals surface area contributed by atoms with E-state index in [-0.39, 0.29) is 0 Å². The summed E-state index contributed by atoms with van der Waals surface area (Å²) >= 11 is 0. The number of fused-ring (bicyclic) bond motifs is 1. The zero-order valence-electron chi connectivity index (χ0n) is 9.07. The summed E-state index contributed by atoms with van der Waals surface area (Å²) in [5.74, 6) is 0. The molecule has 1 aromatic carbocycles. The van der Waals surface area contributed by atoms with Crippen LogP contribution in [0, 0.1) is 5.21 Å². The fourth-order valence-corrected chi connectivity index (χ4v) is 1.98. The van der Waals surface area contributed by atoms with Crippen LogP contribution in [0.4, 0.5) is 0 Å². The van der Waals surface area contributed by atoms with Crippen molar-refractivity contribution in [2.45, 2.75) is 32.6 Å². The summed E-state index contributed by atoms with van der Waals surface area (Å²) in [6.45, 7) is 2.19. The largest absolute Gasteiger partial charge is 0.806 e. The second kappa shape index (κ2) is 4.39. The standard InChI is InChI=1S/C13H16NO/c1-2-3-4-7-11-10-14(15)13-9-6-5-8-12(11)13/h5-6,8-10H,2-4,7H2,1H3/q-1. The van der Waals surface area contributed by atoms with Crippen LogP contribution < -0.4 is 0 Å². The van der Waals surface area contributed by atoms with Gasteiger partial charge in [0.1, 0.15) is 0 Å². The molecule has 2 rings (SSSR count). The van der Waals surface area contributed by atoms with Crippen LogP contribution in [0.1, 0.15) is 31.7 Å². The van der Waals surface area contributed by atoms with Gasteiger partial charge < -0.3 is 9.94 Å². The first kappa shape index (κ1) is 10.1. The number of aryl methyl sites for hydroxylation is 1. The van der Waals surface area contributed by atoms with Gasteiger partial charge in [-0.05, 0) is 24.5 Å². The maximum absolute atomic E-state index is 11.5. The van der Waals surface area contributed by atoms with Crippen molar-refractivity contribution in [1.82, 2.24) is 4.73 Å². The number of benzene rings is 1. The normalized spacial score (nSPS) is 11.0. The summed E-state index contributed by atoms with van der Waals surface area (Å²) in [5, 5.41) is 12.7. The Balaban J connectivity index is 2.27. The minimum atomic E-state index is 0.795. The van der Waals surface area contributed by atoms with E-state index in [4.69, 9.17) is 0 Å². The quantitative estimate of drug-likeness (QED) is 0.694. The highest BCUT2D eigenvalue weighted by molar-refractivity contribution is 5.84. The molecule has 0 aliphatic rings. The summed E-state index contributed by atoms with van der Waals surface area (Å²) in [5.41, 5.74) is 1.98. The van der Waals surface area contributed by atoms with Gasteiger partial charge in [0.05, 0.1) is 0 Å². The van der Waals surface area contributed by atoms with Gasteiger partial charge in [0.25, 0.3) is 0 Å². The number of hydrogen-bond acceptors (Lipinski definition) is 1. The third-order valence-corrected chi connectivity index (χ3v) is 2.81. The highest BCUT2D eigenvalue weighted by Crippen LogP contribution is 2.22. The van der Waals surface area contributed by atoms with Crippen LogP contribution in [0.5, 0.6) is 0 Å². The van der Waals surface area contributed by atoms with Crippen LogP contribution in [-0.2, 0) is 6.42 Å². The van der Waals surface area contributed by atoms with E-state index >= 15 is 0 Å². The molecular formula is C13H16NO-. The van der Waals surface area contributed by atoms with E-state index in [1.54, 1.807) is 6.20 Å². The van der Waals surface area contributed by atoms with Crippen LogP contribution in [-0.4, -0.2) is 4.73 Å². The molecule has 2 nitrogen and oxygen atoms in total. The van der Waals surface area contributed by atoms with Gasteiger partial charge in [-0.2, -0.15) is 0 Å². The second-order valence-electron chi connectivity index (χ2n) is 3.95. The first-order valence-corrected chi connectivity index (χ1v) is 5.59. The highest BCUT2D eigenvalue weighted by atomic mass is 16.5. The van der Waals surface area contributed by atoms with Gasteiger partial charge in [0.2, 0.25) is 0 Å². The first-order valence-electron chi connectivity index (χ1n) is 5.59. The Bertz CT molecular complexity index is 445. The number of nitrogens with zero attached hydrogens (tertiary/aromatic N) is 1. The maximum atomic E-state index is 11.5. The molecule has 0 aliphatic carbocycles. The molecule has 15 heavy (non-hydrogen) atoms. The molecular weight excluding hydrogens is 186 g/mol. The predicted octanol–water partition coefficient (Wildman–Crippen LogP) is 3.72. The van der Waals surface area contributed by atoms with Crippen molar-refractivity contribution in [3.63, 3.8) is 0 Å². The average Bonchev–Trinajstić information content (AvgIpc) is 2.58. The van der Waals surface area contributed by atoms with Gasteiger partial charge in [-0.25, -0.2) is 0 Å². The molecule has 2 aromatic rings. The molecule has 0 aliphatic heterocycles. The zero-order chi connectivity index (χ0) is 10.7. The van der Waals surface area contributed by atoms with Crippen molar-refractivity contribution in [2.75, 3.05) is 0 Å². The number of rotatable bonds is 4. The predicted molar refractivity (Wildman–Crippen MR) is 63.9 cm³/mol. The third kappa shape index (κ3) is 1.99. The number of unbranched alkanes of at least 4 members (excludes halogenated alkanes) is 2. The van der Waals surface area contributed by atoms with E-state index in [0.29, 0.717) is 0 Å². The number of para-hydroxylation sites is 1. The number of aromatic nitrogens is 1. The molecule has 0 spiro atoms. The Hall–Kier alpha value is -1.44. The van der Waals surface area contributed by atoms with Crippen molar-refractivity contribution < 1.29 is 0 Å². The Kier molecular flexibility index (Phi) is 2.95. The number of hydrogen-bond donors (Lipinski definition) is 0. The lowest BCUT2D eigenvalue weighted by Crippen LogP contribution is -1.83. The van der Waals surface area contributed by atoms with E-state index in [1.165, 1.54) is 24.8 Å². The molecule has 0 N–H and O–H groups in total. The van der Waals surface area contributed by atoms with Gasteiger partial charge in [-0.1, -0.05) is 38.0 Å². The van der Waals surface area contributed by atoms with Gasteiger partial charge in [-0.3, -0.25) is 0 Å². The summed E-state index contributed by atoms with van der Waals surface area (Å²) in [4.78, 5) is 0. The molecule has 2 heteroatoms. The molecule has 0 unspecified atom stereocenters. The zero-order valence-corrected chi connectivity index (χ0v) is 9.07. The Morgan fingerprint density at radius 3 is 2.80 bits per heavy atom. The summed E-state index contributed by atoms with van der Waals surface area (Å²) in [6, 6.07) is 7.81. The summed E-state index contributed by atoms with van der Waals surface area (Å²) in [7, 11) is 0. The van der Waals surface area contributed by atoms with E-state index in [9.17, 15) is 5.21 Å². The summed E-state index contributed by atoms with van der Waals surface area (Å²) < 4.78 is 0.983. The van der Waals surface area contributed by atoms with Crippen molar-refractivity contribution >= 4 is 10.9 Å². The molecule has 80 valence electrons. The lowest BCUT2D eigenvalue weighted by atomic mass is 10.1. The van der Waals surface area contributed by atoms with Crippen LogP contribution in [0.25, 0.3) is 10.9 Å². The smallest absolute Gasteiger partial charge is 0.0435 e. The average molecular weight is 202 g/mol.